The Hall–Kier alpha value is -1.75. The smallest absolute Gasteiger partial charge is 0.250 e. The van der Waals surface area contributed by atoms with Gasteiger partial charge in [0.1, 0.15) is 0 Å². The minimum atomic E-state index is -0.203. The molecule has 1 aliphatic heterocycles. The predicted molar refractivity (Wildman–Crippen MR) is 92.3 cm³/mol. The quantitative estimate of drug-likeness (QED) is 0.671. The van der Waals surface area contributed by atoms with Crippen molar-refractivity contribution in [3.63, 3.8) is 0 Å². The van der Waals surface area contributed by atoms with Crippen molar-refractivity contribution in [2.75, 3.05) is 32.7 Å². The summed E-state index contributed by atoms with van der Waals surface area (Å²) in [7, 11) is 0. The molecule has 0 aliphatic carbocycles. The third-order valence-corrected chi connectivity index (χ3v) is 4.57. The molecule has 116 valence electrons. The number of thiocarbonyl (C=S) groups is 1. The van der Waals surface area contributed by atoms with Gasteiger partial charge in [-0.05, 0) is 29.7 Å². The van der Waals surface area contributed by atoms with E-state index in [0.29, 0.717) is 11.5 Å². The number of rotatable bonds is 4. The highest BCUT2D eigenvalue weighted by atomic mass is 32.1. The second-order valence-corrected chi connectivity index (χ2v) is 6.25. The first-order valence-corrected chi connectivity index (χ1v) is 8.38. The molecule has 0 spiro atoms. The van der Waals surface area contributed by atoms with Gasteiger partial charge < -0.3 is 4.90 Å². The van der Waals surface area contributed by atoms with E-state index in [2.05, 4.69) is 16.3 Å². The molecule has 7 heteroatoms. The molecule has 1 aromatic heterocycles. The van der Waals surface area contributed by atoms with Crippen LogP contribution in [0.5, 0.6) is 0 Å². The van der Waals surface area contributed by atoms with Gasteiger partial charge in [-0.15, -0.1) is 11.3 Å². The van der Waals surface area contributed by atoms with Crippen LogP contribution in [0.3, 0.4) is 0 Å². The fourth-order valence-electron chi connectivity index (χ4n) is 2.15. The Labute approximate surface area is 139 Å². The predicted octanol–water partition coefficient (Wildman–Crippen LogP) is 1.69. The lowest BCUT2D eigenvalue weighted by molar-refractivity contribution is -0.115. The zero-order valence-electron chi connectivity index (χ0n) is 12.2. The number of amides is 1. The van der Waals surface area contributed by atoms with Gasteiger partial charge in [-0.2, -0.15) is 5.26 Å². The number of nitrogens with one attached hydrogen (secondary N) is 1. The topological polar surface area (TPSA) is 59.4 Å². The van der Waals surface area contributed by atoms with Crippen molar-refractivity contribution in [2.24, 2.45) is 0 Å². The van der Waals surface area contributed by atoms with Gasteiger partial charge in [-0.3, -0.25) is 15.0 Å². The maximum absolute atomic E-state index is 11.8. The molecule has 0 aromatic carbocycles. The van der Waals surface area contributed by atoms with Gasteiger partial charge in [-0.25, -0.2) is 0 Å². The van der Waals surface area contributed by atoms with Gasteiger partial charge in [0.2, 0.25) is 5.91 Å². The van der Waals surface area contributed by atoms with Crippen LogP contribution in [0.1, 0.15) is 11.3 Å². The van der Waals surface area contributed by atoms with E-state index in [9.17, 15) is 4.79 Å². The Bertz CT molecular complexity index is 569. The van der Waals surface area contributed by atoms with Crippen LogP contribution < -0.4 is 5.32 Å². The highest BCUT2D eigenvalue weighted by Gasteiger charge is 2.19. The first-order chi connectivity index (χ1) is 10.7. The number of nitriles is 1. The van der Waals surface area contributed by atoms with E-state index in [1.807, 2.05) is 22.4 Å². The molecule has 1 amide bonds. The first-order valence-electron chi connectivity index (χ1n) is 7.10. The van der Waals surface area contributed by atoms with Crippen LogP contribution in [-0.4, -0.2) is 53.5 Å². The molecule has 1 aromatic rings. The van der Waals surface area contributed by atoms with Gasteiger partial charge in [0.05, 0.1) is 6.07 Å². The molecule has 1 aliphatic rings. The average Bonchev–Trinajstić information content (AvgIpc) is 3.05. The summed E-state index contributed by atoms with van der Waals surface area (Å²) in [5.74, 6) is -0.203. The molecular weight excluding hydrogens is 316 g/mol. The molecule has 0 unspecified atom stereocenters. The Balaban J connectivity index is 1.74. The summed E-state index contributed by atoms with van der Waals surface area (Å²) >= 11 is 6.86. The molecular formula is C15H18N4OS2. The van der Waals surface area contributed by atoms with E-state index in [1.165, 1.54) is 6.08 Å². The second kappa shape index (κ2) is 8.63. The molecule has 1 saturated heterocycles. The van der Waals surface area contributed by atoms with Crippen LogP contribution in [0.2, 0.25) is 0 Å². The first kappa shape index (κ1) is 16.6. The number of thiophene rings is 1. The van der Waals surface area contributed by atoms with E-state index in [1.54, 1.807) is 17.4 Å². The van der Waals surface area contributed by atoms with Crippen molar-refractivity contribution in [3.05, 3.63) is 28.5 Å². The highest BCUT2D eigenvalue weighted by molar-refractivity contribution is 7.80. The Morgan fingerprint density at radius 1 is 1.45 bits per heavy atom. The Kier molecular flexibility index (Phi) is 6.52. The van der Waals surface area contributed by atoms with Crippen molar-refractivity contribution in [3.8, 4) is 6.07 Å². The number of hydrogen-bond donors (Lipinski definition) is 1. The zero-order valence-corrected chi connectivity index (χ0v) is 13.8. The van der Waals surface area contributed by atoms with Gasteiger partial charge >= 0.3 is 0 Å². The summed E-state index contributed by atoms with van der Waals surface area (Å²) in [6.45, 7) is 4.08. The van der Waals surface area contributed by atoms with Crippen LogP contribution in [0.4, 0.5) is 0 Å². The van der Waals surface area contributed by atoms with Crippen LogP contribution in [-0.2, 0) is 4.79 Å². The zero-order chi connectivity index (χ0) is 15.8. The maximum atomic E-state index is 11.8. The number of piperazine rings is 1. The normalized spacial score (nSPS) is 15.7. The fraction of sp³-hybridized carbons (Fsp3) is 0.400. The fourth-order valence-corrected chi connectivity index (χ4v) is 3.05. The van der Waals surface area contributed by atoms with Crippen molar-refractivity contribution in [1.82, 2.24) is 15.1 Å². The van der Waals surface area contributed by atoms with Crippen LogP contribution in [0.25, 0.3) is 6.08 Å². The molecule has 0 atom stereocenters. The SMILES string of the molecule is N#CCCN1CCN(C(=S)NC(=O)/C=C/c2cccs2)CC1. The minimum Gasteiger partial charge on any atom is -0.346 e. The molecule has 0 bridgehead atoms. The largest absolute Gasteiger partial charge is 0.346 e. The molecule has 1 N–H and O–H groups in total. The summed E-state index contributed by atoms with van der Waals surface area (Å²) in [6, 6.07) is 6.05. The molecule has 22 heavy (non-hydrogen) atoms. The lowest BCUT2D eigenvalue weighted by Crippen LogP contribution is -2.52. The van der Waals surface area contributed by atoms with Gasteiger partial charge in [0.25, 0.3) is 0 Å². The van der Waals surface area contributed by atoms with Crippen LogP contribution in [0, 0.1) is 11.3 Å². The summed E-state index contributed by atoms with van der Waals surface area (Å²) in [5.41, 5.74) is 0. The monoisotopic (exact) mass is 334 g/mol. The molecule has 2 heterocycles. The molecule has 5 nitrogen and oxygen atoms in total. The van der Waals surface area contributed by atoms with E-state index in [0.717, 1.165) is 37.6 Å². The number of hydrogen-bond acceptors (Lipinski definition) is 5. The lowest BCUT2D eigenvalue weighted by atomic mass is 10.3. The van der Waals surface area contributed by atoms with Crippen LogP contribution >= 0.6 is 23.6 Å². The molecule has 0 saturated carbocycles. The second-order valence-electron chi connectivity index (χ2n) is 4.88. The van der Waals surface area contributed by atoms with E-state index < -0.39 is 0 Å². The molecule has 2 rings (SSSR count). The Morgan fingerprint density at radius 3 is 2.86 bits per heavy atom. The standard InChI is InChI=1S/C15H18N4OS2/c16-6-2-7-18-8-10-19(11-9-18)15(21)17-14(20)5-4-13-3-1-12-22-13/h1,3-5,12H,2,7-11H2,(H,17,20,21)/b5-4+. The summed E-state index contributed by atoms with van der Waals surface area (Å²) in [4.78, 5) is 17.1. The van der Waals surface area contributed by atoms with Gasteiger partial charge in [-0.1, -0.05) is 6.07 Å². The van der Waals surface area contributed by atoms with Gasteiger partial charge in [0, 0.05) is 50.1 Å². The van der Waals surface area contributed by atoms with E-state index in [-0.39, 0.29) is 5.91 Å². The highest BCUT2D eigenvalue weighted by Crippen LogP contribution is 2.10. The van der Waals surface area contributed by atoms with E-state index in [4.69, 9.17) is 17.5 Å². The summed E-state index contributed by atoms with van der Waals surface area (Å²) in [6.07, 6.45) is 3.83. The average molecular weight is 334 g/mol. The number of carbonyl (C=O) groups excluding carboxylic acids is 1. The van der Waals surface area contributed by atoms with Crippen LogP contribution in [0.15, 0.2) is 23.6 Å². The summed E-state index contributed by atoms with van der Waals surface area (Å²) < 4.78 is 0. The molecule has 0 radical (unpaired) electrons. The Morgan fingerprint density at radius 2 is 2.23 bits per heavy atom. The maximum Gasteiger partial charge on any atom is 0.250 e. The number of carbonyl (C=O) groups is 1. The summed E-state index contributed by atoms with van der Waals surface area (Å²) in [5, 5.41) is 13.8. The van der Waals surface area contributed by atoms with Crippen molar-refractivity contribution in [1.29, 1.82) is 5.26 Å². The van der Waals surface area contributed by atoms with Crippen molar-refractivity contribution < 1.29 is 4.79 Å². The third kappa shape index (κ3) is 5.22. The van der Waals surface area contributed by atoms with E-state index >= 15 is 0 Å². The van der Waals surface area contributed by atoms with Crippen molar-refractivity contribution >= 4 is 40.7 Å². The van der Waals surface area contributed by atoms with Crippen molar-refractivity contribution in [2.45, 2.75) is 6.42 Å². The minimum absolute atomic E-state index is 0.203. The third-order valence-electron chi connectivity index (χ3n) is 3.37. The van der Waals surface area contributed by atoms with Gasteiger partial charge in [0.15, 0.2) is 5.11 Å². The molecule has 1 fully saturated rings. The number of nitrogens with zero attached hydrogens (tertiary/aromatic N) is 3. The lowest BCUT2D eigenvalue weighted by Gasteiger charge is -2.35.